The summed E-state index contributed by atoms with van der Waals surface area (Å²) in [6.07, 6.45) is 0. The van der Waals surface area contributed by atoms with Crippen molar-refractivity contribution >= 4 is 29.3 Å². The Morgan fingerprint density at radius 1 is 1.14 bits per heavy atom. The molecule has 1 amide bonds. The predicted octanol–water partition coefficient (Wildman–Crippen LogP) is 0.680. The van der Waals surface area contributed by atoms with E-state index in [1.807, 2.05) is 0 Å². The Morgan fingerprint density at radius 3 is 2.38 bits per heavy atom. The van der Waals surface area contributed by atoms with E-state index in [-0.39, 0.29) is 22.8 Å². The van der Waals surface area contributed by atoms with Crippen LogP contribution in [0.25, 0.3) is 0 Å². The summed E-state index contributed by atoms with van der Waals surface area (Å²) in [5.41, 5.74) is 4.44. The first-order chi connectivity index (χ1) is 13.7. The number of methoxy groups -OCH3 is 2. The molecule has 1 aromatic carbocycles. The molecule has 1 unspecified atom stereocenters. The van der Waals surface area contributed by atoms with E-state index in [0.717, 1.165) is 7.11 Å². The molecule has 9 nitrogen and oxygen atoms in total. The molecule has 2 N–H and O–H groups in total. The number of anilines is 1. The second-order valence-corrected chi connectivity index (χ2v) is 6.55. The number of hydrogen-bond acceptors (Lipinski definition) is 8. The number of fused-ring (bicyclic) bond motifs is 2. The van der Waals surface area contributed by atoms with E-state index >= 15 is 0 Å². The molecule has 0 aliphatic carbocycles. The second kappa shape index (κ2) is 7.08. The highest BCUT2D eigenvalue weighted by Gasteiger charge is 2.62. The van der Waals surface area contributed by atoms with Crippen molar-refractivity contribution in [3.8, 4) is 0 Å². The Morgan fingerprint density at radius 2 is 1.79 bits per heavy atom. The molecule has 0 fully saturated rings. The van der Waals surface area contributed by atoms with Crippen molar-refractivity contribution in [3.05, 3.63) is 52.6 Å². The molecule has 152 valence electrons. The van der Waals surface area contributed by atoms with Gasteiger partial charge in [0.15, 0.2) is 5.78 Å². The van der Waals surface area contributed by atoms with Crippen LogP contribution >= 0.6 is 0 Å². The van der Waals surface area contributed by atoms with E-state index < -0.39 is 35.6 Å². The monoisotopic (exact) mass is 400 g/mol. The van der Waals surface area contributed by atoms with Gasteiger partial charge in [-0.3, -0.25) is 19.3 Å². The fourth-order valence-electron chi connectivity index (χ4n) is 4.00. The van der Waals surface area contributed by atoms with E-state index in [1.54, 1.807) is 24.3 Å². The largest absolute Gasteiger partial charge is 0.468 e. The highest BCUT2D eigenvalue weighted by molar-refractivity contribution is 6.23. The molecular formula is C20H20N2O7. The van der Waals surface area contributed by atoms with E-state index in [0.29, 0.717) is 11.3 Å². The lowest BCUT2D eigenvalue weighted by atomic mass is 9.66. The fraction of sp³-hybridized carbons (Fsp3) is 0.300. The number of benzene rings is 1. The van der Waals surface area contributed by atoms with E-state index in [4.69, 9.17) is 19.9 Å². The van der Waals surface area contributed by atoms with Crippen molar-refractivity contribution < 1.29 is 33.4 Å². The van der Waals surface area contributed by atoms with Crippen molar-refractivity contribution in [1.29, 1.82) is 0 Å². The lowest BCUT2D eigenvalue weighted by molar-refractivity contribution is -0.140. The minimum absolute atomic E-state index is 0.0445. The Balaban J connectivity index is 2.42. The molecule has 1 atom stereocenters. The third-order valence-electron chi connectivity index (χ3n) is 5.03. The molecule has 0 saturated heterocycles. The maximum atomic E-state index is 13.8. The summed E-state index contributed by atoms with van der Waals surface area (Å²) in [5, 5.41) is 0. The number of rotatable bonds is 4. The second-order valence-electron chi connectivity index (χ2n) is 6.55. The minimum Gasteiger partial charge on any atom is -0.468 e. The Labute approximate surface area is 166 Å². The molecule has 2 aliphatic heterocycles. The average Bonchev–Trinajstić information content (AvgIpc) is 2.90. The van der Waals surface area contributed by atoms with Gasteiger partial charge in [0.2, 0.25) is 11.8 Å². The first kappa shape index (κ1) is 20.1. The molecule has 2 aliphatic rings. The van der Waals surface area contributed by atoms with Gasteiger partial charge in [-0.05, 0) is 19.9 Å². The summed E-state index contributed by atoms with van der Waals surface area (Å²) in [6.45, 7) is 2.34. The van der Waals surface area contributed by atoms with Crippen LogP contribution < -0.4 is 10.6 Å². The number of hydrogen-bond donors (Lipinski definition) is 1. The van der Waals surface area contributed by atoms with Crippen molar-refractivity contribution in [2.45, 2.75) is 19.3 Å². The topological polar surface area (TPSA) is 125 Å². The maximum Gasteiger partial charge on any atom is 0.340 e. The number of carbonyl (C=O) groups is 4. The standard InChI is InChI=1S/C20H20N2O7/c1-10(23)15-11(2)29-17(21)16(18(25)28-4)20(15)12-7-5-6-8-13(12)22(19(20)26)9-14(24)27-3/h5-8H,9,21H2,1-4H3. The highest BCUT2D eigenvalue weighted by atomic mass is 16.5. The molecule has 1 aromatic rings. The third kappa shape index (κ3) is 2.69. The average molecular weight is 400 g/mol. The zero-order valence-corrected chi connectivity index (χ0v) is 16.4. The Hall–Kier alpha value is -3.62. The van der Waals surface area contributed by atoms with Crippen LogP contribution in [0, 0.1) is 0 Å². The Bertz CT molecular complexity index is 1010. The predicted molar refractivity (Wildman–Crippen MR) is 100 cm³/mol. The van der Waals surface area contributed by atoms with E-state index in [2.05, 4.69) is 0 Å². The zero-order chi connectivity index (χ0) is 21.5. The van der Waals surface area contributed by atoms with E-state index in [9.17, 15) is 19.2 Å². The zero-order valence-electron chi connectivity index (χ0n) is 16.4. The van der Waals surface area contributed by atoms with Crippen LogP contribution in [0.2, 0.25) is 0 Å². The van der Waals surface area contributed by atoms with Gasteiger partial charge in [-0.2, -0.15) is 0 Å². The number of nitrogens with two attached hydrogens (primary N) is 1. The van der Waals surface area contributed by atoms with Crippen LogP contribution in [0.15, 0.2) is 47.1 Å². The number of para-hydroxylation sites is 1. The van der Waals surface area contributed by atoms with Crippen molar-refractivity contribution in [3.63, 3.8) is 0 Å². The van der Waals surface area contributed by atoms with Gasteiger partial charge in [-0.15, -0.1) is 0 Å². The molecule has 29 heavy (non-hydrogen) atoms. The van der Waals surface area contributed by atoms with Crippen LogP contribution in [-0.2, 0) is 38.8 Å². The number of carbonyl (C=O) groups excluding carboxylic acids is 4. The highest BCUT2D eigenvalue weighted by Crippen LogP contribution is 2.54. The summed E-state index contributed by atoms with van der Waals surface area (Å²) in [6, 6.07) is 6.54. The summed E-state index contributed by atoms with van der Waals surface area (Å²) >= 11 is 0. The molecule has 0 radical (unpaired) electrons. The van der Waals surface area contributed by atoms with Crippen molar-refractivity contribution in [1.82, 2.24) is 0 Å². The quantitative estimate of drug-likeness (QED) is 0.732. The maximum absolute atomic E-state index is 13.8. The number of Topliss-reactive ketones (excluding diaryl/α,β-unsaturated/α-hetero) is 1. The third-order valence-corrected chi connectivity index (χ3v) is 5.03. The van der Waals surface area contributed by atoms with Gasteiger partial charge in [-0.25, -0.2) is 4.79 Å². The molecular weight excluding hydrogens is 380 g/mol. The SMILES string of the molecule is COC(=O)CN1C(=O)C2(C(C(C)=O)=C(C)OC(N)=C2C(=O)OC)c2ccccc21. The molecule has 0 aromatic heterocycles. The van der Waals surface area contributed by atoms with Crippen molar-refractivity contribution in [2.75, 3.05) is 25.7 Å². The molecule has 1 spiro atoms. The van der Waals surface area contributed by atoms with Crippen LogP contribution in [0.4, 0.5) is 5.69 Å². The van der Waals surface area contributed by atoms with Gasteiger partial charge >= 0.3 is 11.9 Å². The number of esters is 2. The lowest BCUT2D eigenvalue weighted by Crippen LogP contribution is -2.51. The van der Waals surface area contributed by atoms with Gasteiger partial charge in [0.25, 0.3) is 0 Å². The number of nitrogens with zero attached hydrogens (tertiary/aromatic N) is 1. The molecule has 2 heterocycles. The van der Waals surface area contributed by atoms with Crippen molar-refractivity contribution in [2.24, 2.45) is 5.73 Å². The van der Waals surface area contributed by atoms with Gasteiger partial charge in [-0.1, -0.05) is 18.2 Å². The first-order valence-corrected chi connectivity index (χ1v) is 8.68. The Kier molecular flexibility index (Phi) is 4.91. The van der Waals surface area contributed by atoms with Gasteiger partial charge in [0.05, 0.1) is 19.8 Å². The molecule has 0 bridgehead atoms. The normalized spacial score (nSPS) is 20.6. The smallest absolute Gasteiger partial charge is 0.340 e. The summed E-state index contributed by atoms with van der Waals surface area (Å²) in [5.74, 6) is -3.02. The van der Waals surface area contributed by atoms with Gasteiger partial charge < -0.3 is 19.9 Å². The summed E-state index contributed by atoms with van der Waals surface area (Å²) in [7, 11) is 2.33. The van der Waals surface area contributed by atoms with Crippen LogP contribution in [0.1, 0.15) is 19.4 Å². The van der Waals surface area contributed by atoms with Crippen LogP contribution in [0.5, 0.6) is 0 Å². The fourth-order valence-corrected chi connectivity index (χ4v) is 4.00. The summed E-state index contributed by atoms with van der Waals surface area (Å²) in [4.78, 5) is 52.3. The van der Waals surface area contributed by atoms with Crippen LogP contribution in [0.3, 0.4) is 0 Å². The van der Waals surface area contributed by atoms with Gasteiger partial charge in [0.1, 0.15) is 23.3 Å². The van der Waals surface area contributed by atoms with Crippen LogP contribution in [-0.4, -0.2) is 44.4 Å². The summed E-state index contributed by atoms with van der Waals surface area (Å²) < 4.78 is 15.0. The number of ether oxygens (including phenoxy) is 3. The minimum atomic E-state index is -1.89. The number of allylic oxidation sites excluding steroid dienone is 1. The molecule has 0 saturated carbocycles. The molecule has 9 heteroatoms. The number of amides is 1. The van der Waals surface area contributed by atoms with E-state index in [1.165, 1.54) is 25.9 Å². The lowest BCUT2D eigenvalue weighted by Gasteiger charge is -2.36. The first-order valence-electron chi connectivity index (χ1n) is 8.68. The number of ketones is 1. The van der Waals surface area contributed by atoms with Gasteiger partial charge in [0, 0.05) is 11.3 Å². The molecule has 3 rings (SSSR count).